The summed E-state index contributed by atoms with van der Waals surface area (Å²) in [4.78, 5) is 1.22. The lowest BCUT2D eigenvalue weighted by molar-refractivity contribution is 0.598. The molecule has 1 rings (SSSR count). The average Bonchev–Trinajstić information content (AvgIpc) is 2.47. The van der Waals surface area contributed by atoms with E-state index in [4.69, 9.17) is 11.5 Å². The second kappa shape index (κ2) is 8.03. The van der Waals surface area contributed by atoms with Gasteiger partial charge in [-0.2, -0.15) is 0 Å². The maximum absolute atomic E-state index is 6.05. The summed E-state index contributed by atoms with van der Waals surface area (Å²) in [5.74, 6) is 0. The van der Waals surface area contributed by atoms with Crippen molar-refractivity contribution < 1.29 is 0 Å². The van der Waals surface area contributed by atoms with E-state index >= 15 is 0 Å². The van der Waals surface area contributed by atoms with Crippen molar-refractivity contribution in [2.24, 2.45) is 11.5 Å². The van der Waals surface area contributed by atoms with Crippen LogP contribution in [-0.2, 0) is 0 Å². The van der Waals surface area contributed by atoms with Gasteiger partial charge >= 0.3 is 0 Å². The summed E-state index contributed by atoms with van der Waals surface area (Å²) in [6.07, 6.45) is 3.17. The number of unbranched alkanes of at least 4 members (excludes halogenated alkanes) is 1. The van der Waals surface area contributed by atoms with Crippen molar-refractivity contribution in [3.8, 4) is 0 Å². The quantitative estimate of drug-likeness (QED) is 0.765. The first kappa shape index (κ1) is 15.9. The monoisotopic (exact) mass is 376 g/mol. The van der Waals surface area contributed by atoms with E-state index in [1.54, 1.807) is 11.3 Å². The molecule has 0 amide bonds. The highest BCUT2D eigenvalue weighted by Gasteiger charge is 2.11. The molecular weight excluding hydrogens is 363 g/mol. The van der Waals surface area contributed by atoms with Gasteiger partial charge in [0, 0.05) is 15.4 Å². The maximum atomic E-state index is 6.05. The highest BCUT2D eigenvalue weighted by Crippen LogP contribution is 2.35. The maximum Gasteiger partial charge on any atom is 0.0843 e. The first-order valence-electron chi connectivity index (χ1n) is 4.55. The van der Waals surface area contributed by atoms with E-state index in [0.29, 0.717) is 0 Å². The zero-order chi connectivity index (χ0) is 10.6. The molecule has 0 aromatic carbocycles. The third-order valence-electron chi connectivity index (χ3n) is 2.00. The van der Waals surface area contributed by atoms with Gasteiger partial charge in [0.05, 0.1) is 3.79 Å². The van der Waals surface area contributed by atoms with Crippen molar-refractivity contribution in [1.29, 1.82) is 0 Å². The van der Waals surface area contributed by atoms with Crippen LogP contribution in [0.5, 0.6) is 0 Å². The van der Waals surface area contributed by atoms with Gasteiger partial charge in [-0.15, -0.1) is 23.7 Å². The Kier molecular flexibility index (Phi) is 8.50. The van der Waals surface area contributed by atoms with Gasteiger partial charge in [-0.25, -0.2) is 0 Å². The van der Waals surface area contributed by atoms with Crippen LogP contribution in [0.15, 0.2) is 14.3 Å². The molecule has 88 valence electrons. The van der Waals surface area contributed by atoms with Crippen molar-refractivity contribution in [3.05, 3.63) is 19.2 Å². The fourth-order valence-electron chi connectivity index (χ4n) is 1.20. The van der Waals surface area contributed by atoms with Crippen LogP contribution in [0.1, 0.15) is 30.2 Å². The molecule has 0 aliphatic heterocycles. The van der Waals surface area contributed by atoms with Gasteiger partial charge < -0.3 is 11.5 Å². The Morgan fingerprint density at radius 1 is 1.33 bits per heavy atom. The molecule has 1 atom stereocenters. The Hall–Kier alpha value is 0.870. The fourth-order valence-corrected chi connectivity index (χ4v) is 3.32. The van der Waals surface area contributed by atoms with E-state index in [1.165, 1.54) is 4.88 Å². The van der Waals surface area contributed by atoms with E-state index in [-0.39, 0.29) is 18.4 Å². The number of thiophene rings is 1. The van der Waals surface area contributed by atoms with Crippen LogP contribution >= 0.6 is 55.6 Å². The summed E-state index contributed by atoms with van der Waals surface area (Å²) in [5, 5.41) is 0. The van der Waals surface area contributed by atoms with Crippen LogP contribution in [0.25, 0.3) is 0 Å². The molecule has 15 heavy (non-hydrogen) atoms. The summed E-state index contributed by atoms with van der Waals surface area (Å²) in [6.45, 7) is 0.755. The molecule has 0 bridgehead atoms. The largest absolute Gasteiger partial charge is 0.330 e. The molecule has 0 unspecified atom stereocenters. The van der Waals surface area contributed by atoms with E-state index < -0.39 is 0 Å². The van der Waals surface area contributed by atoms with Crippen molar-refractivity contribution in [1.82, 2.24) is 0 Å². The van der Waals surface area contributed by atoms with Gasteiger partial charge in [-0.1, -0.05) is 6.42 Å². The van der Waals surface area contributed by atoms with Crippen LogP contribution in [-0.4, -0.2) is 6.54 Å². The number of rotatable bonds is 5. The third kappa shape index (κ3) is 5.15. The van der Waals surface area contributed by atoms with E-state index in [9.17, 15) is 0 Å². The summed E-state index contributed by atoms with van der Waals surface area (Å²) in [7, 11) is 0. The van der Waals surface area contributed by atoms with Crippen molar-refractivity contribution in [3.63, 3.8) is 0 Å². The Morgan fingerprint density at radius 3 is 2.47 bits per heavy atom. The molecule has 6 heteroatoms. The van der Waals surface area contributed by atoms with E-state index in [2.05, 4.69) is 37.9 Å². The van der Waals surface area contributed by atoms with Crippen molar-refractivity contribution >= 4 is 55.6 Å². The standard InChI is InChI=1S/C9H14Br2N2S.ClH/c10-6-5-8(14-9(6)11)7(13)3-1-2-4-12;/h5,7H,1-4,12-13H2;1H/t7-;/m1./s1. The summed E-state index contributed by atoms with van der Waals surface area (Å²) < 4.78 is 2.20. The molecule has 1 aromatic rings. The molecule has 2 nitrogen and oxygen atoms in total. The van der Waals surface area contributed by atoms with E-state index in [0.717, 1.165) is 34.1 Å². The number of hydrogen-bond donors (Lipinski definition) is 2. The zero-order valence-electron chi connectivity index (χ0n) is 8.21. The highest BCUT2D eigenvalue weighted by atomic mass is 79.9. The second-order valence-electron chi connectivity index (χ2n) is 3.16. The van der Waals surface area contributed by atoms with Crippen LogP contribution in [0, 0.1) is 0 Å². The molecule has 0 aliphatic carbocycles. The first-order chi connectivity index (χ1) is 6.65. The predicted molar refractivity (Wildman–Crippen MR) is 76.8 cm³/mol. The summed E-state index contributed by atoms with van der Waals surface area (Å²) in [6, 6.07) is 2.23. The first-order valence-corrected chi connectivity index (χ1v) is 6.95. The molecule has 4 N–H and O–H groups in total. The lowest BCUT2D eigenvalue weighted by atomic mass is 10.1. The van der Waals surface area contributed by atoms with Crippen LogP contribution in [0.2, 0.25) is 0 Å². The van der Waals surface area contributed by atoms with Crippen LogP contribution in [0.4, 0.5) is 0 Å². The van der Waals surface area contributed by atoms with Gasteiger partial charge in [0.25, 0.3) is 0 Å². The van der Waals surface area contributed by atoms with Gasteiger partial charge in [-0.05, 0) is 57.3 Å². The molecule has 1 heterocycles. The molecule has 0 fully saturated rings. The molecule has 0 aliphatic rings. The summed E-state index contributed by atoms with van der Waals surface area (Å²) in [5.41, 5.74) is 11.5. The number of halogens is 3. The fraction of sp³-hybridized carbons (Fsp3) is 0.556. The molecule has 1 aromatic heterocycles. The summed E-state index contributed by atoms with van der Waals surface area (Å²) >= 11 is 8.61. The Bertz CT molecular complexity index is 274. The SMILES string of the molecule is Cl.NCCCC[C@@H](N)c1cc(Br)c(Br)s1. The minimum Gasteiger partial charge on any atom is -0.330 e. The third-order valence-corrected chi connectivity index (χ3v) is 5.39. The minimum atomic E-state index is 0. The Balaban J connectivity index is 0.00000196. The van der Waals surface area contributed by atoms with Crippen molar-refractivity contribution in [2.45, 2.75) is 25.3 Å². The van der Waals surface area contributed by atoms with Gasteiger partial charge in [0.15, 0.2) is 0 Å². The van der Waals surface area contributed by atoms with Gasteiger partial charge in [-0.3, -0.25) is 0 Å². The van der Waals surface area contributed by atoms with Gasteiger partial charge in [0.1, 0.15) is 0 Å². The van der Waals surface area contributed by atoms with Crippen LogP contribution in [0.3, 0.4) is 0 Å². The molecule has 0 spiro atoms. The molecule has 0 saturated heterocycles. The Morgan fingerprint density at radius 2 is 2.00 bits per heavy atom. The average molecular weight is 379 g/mol. The van der Waals surface area contributed by atoms with E-state index in [1.807, 2.05) is 0 Å². The number of hydrogen-bond acceptors (Lipinski definition) is 3. The van der Waals surface area contributed by atoms with Crippen molar-refractivity contribution in [2.75, 3.05) is 6.54 Å². The van der Waals surface area contributed by atoms with Gasteiger partial charge in [0.2, 0.25) is 0 Å². The lowest BCUT2D eigenvalue weighted by Gasteiger charge is -2.07. The topological polar surface area (TPSA) is 52.0 Å². The highest BCUT2D eigenvalue weighted by molar-refractivity contribution is 9.13. The second-order valence-corrected chi connectivity index (χ2v) is 6.42. The smallest absolute Gasteiger partial charge is 0.0843 e. The van der Waals surface area contributed by atoms with Crippen LogP contribution < -0.4 is 11.5 Å². The normalized spacial score (nSPS) is 12.3. The molecular formula is C9H15Br2ClN2S. The molecule has 0 saturated carbocycles. The lowest BCUT2D eigenvalue weighted by Crippen LogP contribution is -2.09. The minimum absolute atomic E-state index is 0. The predicted octanol–water partition coefficient (Wildman–Crippen LogP) is 3.82. The Labute approximate surface area is 117 Å². The molecule has 0 radical (unpaired) electrons. The zero-order valence-corrected chi connectivity index (χ0v) is 13.0. The number of nitrogens with two attached hydrogens (primary N) is 2.